The van der Waals surface area contributed by atoms with Gasteiger partial charge in [0.25, 0.3) is 0 Å². The topological polar surface area (TPSA) is 70.2 Å². The molecule has 1 heterocycles. The van der Waals surface area contributed by atoms with Crippen LogP contribution >= 0.6 is 11.8 Å². The molecule has 0 saturated carbocycles. The number of hydrogen-bond acceptors (Lipinski definition) is 4. The van der Waals surface area contributed by atoms with Gasteiger partial charge in [-0.1, -0.05) is 18.2 Å². The molecule has 21 heavy (non-hydrogen) atoms. The van der Waals surface area contributed by atoms with Crippen LogP contribution in [0.4, 0.5) is 5.69 Å². The molecular weight excluding hydrogens is 286 g/mol. The predicted molar refractivity (Wildman–Crippen MR) is 86.6 cm³/mol. The van der Waals surface area contributed by atoms with Crippen LogP contribution in [0.5, 0.6) is 0 Å². The van der Waals surface area contributed by atoms with Crippen molar-refractivity contribution in [1.82, 2.24) is 10.6 Å². The highest BCUT2D eigenvalue weighted by molar-refractivity contribution is 7.99. The zero-order valence-electron chi connectivity index (χ0n) is 12.1. The number of thioether (sulfide) groups is 1. The molecule has 3 N–H and O–H groups in total. The van der Waals surface area contributed by atoms with E-state index in [1.807, 2.05) is 36.0 Å². The van der Waals surface area contributed by atoms with Crippen LogP contribution < -0.4 is 16.0 Å². The summed E-state index contributed by atoms with van der Waals surface area (Å²) in [5.74, 6) is 1.99. The van der Waals surface area contributed by atoms with E-state index in [0.29, 0.717) is 6.42 Å². The number of hydrogen-bond donors (Lipinski definition) is 3. The van der Waals surface area contributed by atoms with Crippen LogP contribution in [0.25, 0.3) is 0 Å². The summed E-state index contributed by atoms with van der Waals surface area (Å²) < 4.78 is 0. The van der Waals surface area contributed by atoms with Crippen molar-refractivity contribution in [3.8, 4) is 0 Å². The summed E-state index contributed by atoms with van der Waals surface area (Å²) in [4.78, 5) is 23.6. The second kappa shape index (κ2) is 8.05. The van der Waals surface area contributed by atoms with E-state index >= 15 is 0 Å². The molecule has 1 aliphatic rings. The molecule has 1 fully saturated rings. The average Bonchev–Trinajstić information content (AvgIpc) is 2.50. The average molecular weight is 307 g/mol. The number of carbonyl (C=O) groups is 2. The van der Waals surface area contributed by atoms with E-state index in [2.05, 4.69) is 16.0 Å². The Kier molecular flexibility index (Phi) is 6.07. The van der Waals surface area contributed by atoms with Crippen molar-refractivity contribution in [1.29, 1.82) is 0 Å². The molecule has 5 nitrogen and oxygen atoms in total. The minimum Gasteiger partial charge on any atom is -0.359 e. The first-order chi connectivity index (χ1) is 10.2. The van der Waals surface area contributed by atoms with E-state index in [1.165, 1.54) is 0 Å². The number of rotatable bonds is 5. The molecule has 0 aromatic heterocycles. The molecule has 0 spiro atoms. The molecule has 1 saturated heterocycles. The lowest BCUT2D eigenvalue weighted by Crippen LogP contribution is -2.40. The fourth-order valence-corrected chi connectivity index (χ4v) is 3.18. The van der Waals surface area contributed by atoms with Gasteiger partial charge in [0, 0.05) is 43.2 Å². The maximum atomic E-state index is 12.1. The Labute approximate surface area is 129 Å². The van der Waals surface area contributed by atoms with Crippen LogP contribution in [0.3, 0.4) is 0 Å². The van der Waals surface area contributed by atoms with E-state index in [1.54, 1.807) is 7.05 Å². The number of anilines is 1. The van der Waals surface area contributed by atoms with Crippen molar-refractivity contribution in [2.75, 3.05) is 30.4 Å². The van der Waals surface area contributed by atoms with Crippen molar-refractivity contribution in [3.63, 3.8) is 0 Å². The number of para-hydroxylation sites is 1. The molecule has 6 heteroatoms. The van der Waals surface area contributed by atoms with Crippen molar-refractivity contribution in [2.24, 2.45) is 0 Å². The first-order valence-electron chi connectivity index (χ1n) is 7.08. The smallest absolute Gasteiger partial charge is 0.225 e. The molecule has 1 aromatic rings. The van der Waals surface area contributed by atoms with Crippen LogP contribution in [0.1, 0.15) is 12.0 Å². The predicted octanol–water partition coefficient (Wildman–Crippen LogP) is 1.01. The number of benzene rings is 1. The maximum Gasteiger partial charge on any atom is 0.225 e. The Balaban J connectivity index is 1.94. The molecule has 1 aromatic carbocycles. The lowest BCUT2D eigenvalue weighted by atomic mass is 10.1. The molecule has 0 bridgehead atoms. The highest BCUT2D eigenvalue weighted by atomic mass is 32.2. The molecule has 1 atom stereocenters. The van der Waals surface area contributed by atoms with Crippen LogP contribution in [0.15, 0.2) is 24.3 Å². The van der Waals surface area contributed by atoms with E-state index in [9.17, 15) is 9.59 Å². The zero-order chi connectivity index (χ0) is 15.1. The summed E-state index contributed by atoms with van der Waals surface area (Å²) in [6, 6.07) is 7.65. The lowest BCUT2D eigenvalue weighted by Gasteiger charge is -2.22. The molecule has 1 unspecified atom stereocenters. The van der Waals surface area contributed by atoms with Gasteiger partial charge in [-0.3, -0.25) is 9.59 Å². The minimum absolute atomic E-state index is 0.0145. The van der Waals surface area contributed by atoms with Gasteiger partial charge in [-0.05, 0) is 11.6 Å². The van der Waals surface area contributed by atoms with Crippen molar-refractivity contribution < 1.29 is 9.59 Å². The molecule has 2 rings (SSSR count). The second-order valence-corrected chi connectivity index (χ2v) is 6.14. The van der Waals surface area contributed by atoms with E-state index in [-0.39, 0.29) is 24.3 Å². The third-order valence-electron chi connectivity index (χ3n) is 3.35. The number of carbonyl (C=O) groups excluding carboxylic acids is 2. The first-order valence-corrected chi connectivity index (χ1v) is 8.24. The fraction of sp³-hybridized carbons (Fsp3) is 0.467. The summed E-state index contributed by atoms with van der Waals surface area (Å²) in [5.41, 5.74) is 1.55. The summed E-state index contributed by atoms with van der Waals surface area (Å²) in [6.45, 7) is 0.954. The Morgan fingerprint density at radius 2 is 2.14 bits per heavy atom. The monoisotopic (exact) mass is 307 g/mol. The van der Waals surface area contributed by atoms with E-state index in [0.717, 1.165) is 29.3 Å². The lowest BCUT2D eigenvalue weighted by molar-refractivity contribution is -0.120. The summed E-state index contributed by atoms with van der Waals surface area (Å²) in [5, 5.41) is 8.86. The van der Waals surface area contributed by atoms with Gasteiger partial charge in [-0.2, -0.15) is 11.8 Å². The molecule has 1 aliphatic heterocycles. The van der Waals surface area contributed by atoms with Gasteiger partial charge >= 0.3 is 0 Å². The number of likely N-dealkylation sites (N-methyl/N-ethyl adjacent to an activating group) is 1. The van der Waals surface area contributed by atoms with Gasteiger partial charge in [-0.25, -0.2) is 0 Å². The summed E-state index contributed by atoms with van der Waals surface area (Å²) in [7, 11) is 1.61. The molecular formula is C15H21N3O2S. The van der Waals surface area contributed by atoms with Gasteiger partial charge in [0.2, 0.25) is 11.8 Å². The summed E-state index contributed by atoms with van der Waals surface area (Å²) >= 11 is 1.87. The van der Waals surface area contributed by atoms with Crippen LogP contribution in [-0.4, -0.2) is 43.0 Å². The van der Waals surface area contributed by atoms with Crippen molar-refractivity contribution in [2.45, 2.75) is 18.9 Å². The SMILES string of the molecule is CNC(=O)Cc1ccccc1NC(=O)CC1CSCCN1. The normalized spacial score (nSPS) is 18.0. The van der Waals surface area contributed by atoms with Gasteiger partial charge in [-0.15, -0.1) is 0 Å². The van der Waals surface area contributed by atoms with Gasteiger partial charge in [0.15, 0.2) is 0 Å². The van der Waals surface area contributed by atoms with Crippen LogP contribution in [0.2, 0.25) is 0 Å². The Morgan fingerprint density at radius 1 is 1.33 bits per heavy atom. The largest absolute Gasteiger partial charge is 0.359 e. The Morgan fingerprint density at radius 3 is 2.86 bits per heavy atom. The highest BCUT2D eigenvalue weighted by Gasteiger charge is 2.17. The molecule has 0 aliphatic carbocycles. The Bertz CT molecular complexity index is 501. The number of amides is 2. The minimum atomic E-state index is -0.0675. The second-order valence-electron chi connectivity index (χ2n) is 4.99. The van der Waals surface area contributed by atoms with E-state index in [4.69, 9.17) is 0 Å². The van der Waals surface area contributed by atoms with Crippen LogP contribution in [-0.2, 0) is 16.0 Å². The molecule has 0 radical (unpaired) electrons. The van der Waals surface area contributed by atoms with Gasteiger partial charge < -0.3 is 16.0 Å². The van der Waals surface area contributed by atoms with Crippen molar-refractivity contribution in [3.05, 3.63) is 29.8 Å². The first kappa shape index (κ1) is 15.9. The number of nitrogens with one attached hydrogen (secondary N) is 3. The fourth-order valence-electron chi connectivity index (χ4n) is 2.23. The highest BCUT2D eigenvalue weighted by Crippen LogP contribution is 2.17. The van der Waals surface area contributed by atoms with Crippen molar-refractivity contribution >= 4 is 29.3 Å². The molecule has 2 amide bonds. The Hall–Kier alpha value is -1.53. The zero-order valence-corrected chi connectivity index (χ0v) is 13.0. The molecule has 114 valence electrons. The third kappa shape index (κ3) is 5.06. The van der Waals surface area contributed by atoms with Crippen LogP contribution in [0, 0.1) is 0 Å². The summed E-state index contributed by atoms with van der Waals surface area (Å²) in [6.07, 6.45) is 0.728. The maximum absolute atomic E-state index is 12.1. The van der Waals surface area contributed by atoms with E-state index < -0.39 is 0 Å². The standard InChI is InChI=1S/C15H21N3O2S/c1-16-14(19)8-11-4-2-3-5-13(11)18-15(20)9-12-10-21-7-6-17-12/h2-5,12,17H,6-10H2,1H3,(H,16,19)(H,18,20). The third-order valence-corrected chi connectivity index (χ3v) is 4.48. The quantitative estimate of drug-likeness (QED) is 0.759. The van der Waals surface area contributed by atoms with Gasteiger partial charge in [0.05, 0.1) is 6.42 Å². The van der Waals surface area contributed by atoms with Gasteiger partial charge in [0.1, 0.15) is 0 Å².